The van der Waals surface area contributed by atoms with Gasteiger partial charge in [-0.3, -0.25) is 4.90 Å². The van der Waals surface area contributed by atoms with E-state index < -0.39 is 6.10 Å². The molecule has 1 aliphatic heterocycles. The van der Waals surface area contributed by atoms with Gasteiger partial charge in [-0.05, 0) is 73.9 Å². The highest BCUT2D eigenvalue weighted by Gasteiger charge is 2.31. The molecule has 0 unspecified atom stereocenters. The van der Waals surface area contributed by atoms with Crippen LogP contribution in [0.1, 0.15) is 43.2 Å². The number of hydrogen-bond donors (Lipinski definition) is 2. The molecule has 0 saturated carbocycles. The number of methoxy groups -OCH3 is 2. The van der Waals surface area contributed by atoms with Crippen LogP contribution in [0.15, 0.2) is 48.5 Å². The first kappa shape index (κ1) is 26.5. The van der Waals surface area contributed by atoms with Crippen LogP contribution in [0.2, 0.25) is 0 Å². The van der Waals surface area contributed by atoms with Crippen LogP contribution in [-0.2, 0) is 12.8 Å². The van der Waals surface area contributed by atoms with Crippen molar-refractivity contribution in [2.45, 2.75) is 63.1 Å². The van der Waals surface area contributed by atoms with E-state index in [1.165, 1.54) is 17.5 Å². The minimum Gasteiger partial charge on any atom is -0.497 e. The van der Waals surface area contributed by atoms with E-state index >= 15 is 0 Å². The van der Waals surface area contributed by atoms with Crippen molar-refractivity contribution in [3.63, 3.8) is 0 Å². The molecule has 2 N–H and O–H groups in total. The molecule has 0 amide bonds. The highest BCUT2D eigenvalue weighted by Crippen LogP contribution is 2.29. The fourth-order valence-corrected chi connectivity index (χ4v) is 4.69. The zero-order valence-electron chi connectivity index (χ0n) is 19.3. The van der Waals surface area contributed by atoms with Gasteiger partial charge in [0, 0.05) is 18.6 Å². The van der Waals surface area contributed by atoms with Gasteiger partial charge in [0.2, 0.25) is 0 Å². The van der Waals surface area contributed by atoms with Crippen LogP contribution in [0.4, 0.5) is 0 Å². The van der Waals surface area contributed by atoms with E-state index in [9.17, 15) is 10.2 Å². The highest BCUT2D eigenvalue weighted by molar-refractivity contribution is 5.85. The molecule has 0 aliphatic carbocycles. The lowest BCUT2D eigenvalue weighted by atomic mass is 9.88. The van der Waals surface area contributed by atoms with Crippen molar-refractivity contribution in [1.29, 1.82) is 0 Å². The number of halogens is 1. The molecule has 6 heteroatoms. The standard InChI is InChI=1S/C26H37NO4.ClH/c1-30-25-14-8-20(9-15-25)6-12-22-4-3-5-23(27(22)18-24(29)19-28)13-7-21-10-16-26(31-2)17-11-21;/h8-11,14-17,22-24,28-29H,3-7,12-13,18-19H2,1-2H3;1H/t22-,23-,24-;/m1./s1. The Kier molecular flexibility index (Phi) is 11.3. The Balaban J connectivity index is 0.00000363. The number of hydrogen-bond acceptors (Lipinski definition) is 5. The first-order valence-corrected chi connectivity index (χ1v) is 11.4. The largest absolute Gasteiger partial charge is 0.497 e. The van der Waals surface area contributed by atoms with Gasteiger partial charge in [-0.1, -0.05) is 30.7 Å². The predicted octanol–water partition coefficient (Wildman–Crippen LogP) is 4.27. The maximum Gasteiger partial charge on any atom is 0.118 e. The average molecular weight is 464 g/mol. The second kappa shape index (κ2) is 13.7. The molecule has 2 aromatic rings. The number of rotatable bonds is 11. The summed E-state index contributed by atoms with van der Waals surface area (Å²) >= 11 is 0. The molecule has 178 valence electrons. The minimum atomic E-state index is -0.690. The number of aliphatic hydroxyl groups is 2. The molecule has 1 aliphatic rings. The third-order valence-corrected chi connectivity index (χ3v) is 6.50. The van der Waals surface area contributed by atoms with E-state index in [1.54, 1.807) is 14.2 Å². The van der Waals surface area contributed by atoms with Crippen molar-refractivity contribution in [3.8, 4) is 11.5 Å². The molecular weight excluding hydrogens is 426 g/mol. The number of aliphatic hydroxyl groups excluding tert-OH is 2. The van der Waals surface area contributed by atoms with Crippen molar-refractivity contribution in [3.05, 3.63) is 59.7 Å². The molecule has 1 saturated heterocycles. The normalized spacial score (nSPS) is 19.8. The fraction of sp³-hybridized carbons (Fsp3) is 0.538. The van der Waals surface area contributed by atoms with Crippen LogP contribution in [0.5, 0.6) is 11.5 Å². The van der Waals surface area contributed by atoms with Gasteiger partial charge < -0.3 is 19.7 Å². The molecule has 0 spiro atoms. The van der Waals surface area contributed by atoms with Crippen LogP contribution >= 0.6 is 12.4 Å². The summed E-state index contributed by atoms with van der Waals surface area (Å²) in [6.45, 7) is 0.351. The average Bonchev–Trinajstić information content (AvgIpc) is 2.82. The molecule has 0 radical (unpaired) electrons. The fourth-order valence-electron chi connectivity index (χ4n) is 4.69. The maximum absolute atomic E-state index is 10.2. The third kappa shape index (κ3) is 7.66. The summed E-state index contributed by atoms with van der Waals surface area (Å²) in [5.41, 5.74) is 2.62. The summed E-state index contributed by atoms with van der Waals surface area (Å²) in [7, 11) is 3.38. The minimum absolute atomic E-state index is 0. The predicted molar refractivity (Wildman–Crippen MR) is 131 cm³/mol. The lowest BCUT2D eigenvalue weighted by Crippen LogP contribution is -2.50. The molecular formula is C26H38ClNO4. The first-order valence-electron chi connectivity index (χ1n) is 11.4. The zero-order valence-corrected chi connectivity index (χ0v) is 20.1. The summed E-state index contributed by atoms with van der Waals surface area (Å²) in [6.07, 6.45) is 6.95. The van der Waals surface area contributed by atoms with Crippen molar-refractivity contribution in [1.82, 2.24) is 4.90 Å². The molecule has 5 nitrogen and oxygen atoms in total. The van der Waals surface area contributed by atoms with E-state index in [0.29, 0.717) is 18.6 Å². The summed E-state index contributed by atoms with van der Waals surface area (Å²) in [6, 6.07) is 17.5. The Hall–Kier alpha value is -1.79. The van der Waals surface area contributed by atoms with Crippen LogP contribution in [0, 0.1) is 0 Å². The van der Waals surface area contributed by atoms with E-state index in [4.69, 9.17) is 9.47 Å². The van der Waals surface area contributed by atoms with Crippen LogP contribution in [0.3, 0.4) is 0 Å². The number of benzene rings is 2. The van der Waals surface area contributed by atoms with Gasteiger partial charge in [-0.2, -0.15) is 0 Å². The summed E-state index contributed by atoms with van der Waals surface area (Å²) < 4.78 is 10.5. The van der Waals surface area contributed by atoms with Gasteiger partial charge in [-0.25, -0.2) is 0 Å². The Bertz CT molecular complexity index is 709. The van der Waals surface area contributed by atoms with Gasteiger partial charge >= 0.3 is 0 Å². The van der Waals surface area contributed by atoms with Gasteiger partial charge in [0.1, 0.15) is 11.5 Å². The number of likely N-dealkylation sites (tertiary alicyclic amines) is 1. The molecule has 0 bridgehead atoms. The molecule has 32 heavy (non-hydrogen) atoms. The Labute approximate surface area is 198 Å². The van der Waals surface area contributed by atoms with Gasteiger partial charge in [0.15, 0.2) is 0 Å². The van der Waals surface area contributed by atoms with Crippen LogP contribution in [0.25, 0.3) is 0 Å². The van der Waals surface area contributed by atoms with E-state index in [0.717, 1.165) is 50.0 Å². The molecule has 3 atom stereocenters. The quantitative estimate of drug-likeness (QED) is 0.521. The number of β-amino-alcohol motifs (C(OH)–C–C–N with tert-alkyl or cyclic N) is 1. The summed E-state index contributed by atoms with van der Waals surface area (Å²) in [5.74, 6) is 1.76. The molecule has 3 rings (SSSR count). The third-order valence-electron chi connectivity index (χ3n) is 6.50. The van der Waals surface area contributed by atoms with Gasteiger partial charge in [-0.15, -0.1) is 12.4 Å². The highest BCUT2D eigenvalue weighted by atomic mass is 35.5. The van der Waals surface area contributed by atoms with Crippen LogP contribution < -0.4 is 9.47 Å². The van der Waals surface area contributed by atoms with Crippen molar-refractivity contribution in [2.75, 3.05) is 27.4 Å². The Morgan fingerprint density at radius 3 is 1.66 bits per heavy atom. The van der Waals surface area contributed by atoms with Crippen molar-refractivity contribution < 1.29 is 19.7 Å². The number of ether oxygens (including phenoxy) is 2. The topological polar surface area (TPSA) is 62.2 Å². The van der Waals surface area contributed by atoms with Gasteiger partial charge in [0.25, 0.3) is 0 Å². The number of piperidine rings is 1. The zero-order chi connectivity index (χ0) is 22.1. The van der Waals surface area contributed by atoms with Crippen LogP contribution in [-0.4, -0.2) is 60.7 Å². The summed E-state index contributed by atoms with van der Waals surface area (Å²) in [5, 5.41) is 19.7. The molecule has 2 aromatic carbocycles. The Morgan fingerprint density at radius 2 is 1.28 bits per heavy atom. The van der Waals surface area contributed by atoms with E-state index in [-0.39, 0.29) is 19.0 Å². The maximum atomic E-state index is 10.2. The van der Waals surface area contributed by atoms with E-state index in [1.807, 2.05) is 24.3 Å². The smallest absolute Gasteiger partial charge is 0.118 e. The second-order valence-electron chi connectivity index (χ2n) is 8.55. The SMILES string of the molecule is COc1ccc(CC[C@H]2CCC[C@H](CCc3ccc(OC)cc3)N2C[C@@H](O)CO)cc1.Cl. The first-order chi connectivity index (χ1) is 15.1. The van der Waals surface area contributed by atoms with Crippen molar-refractivity contribution in [2.24, 2.45) is 0 Å². The molecule has 1 fully saturated rings. The van der Waals surface area contributed by atoms with Gasteiger partial charge in [0.05, 0.1) is 26.9 Å². The summed E-state index contributed by atoms with van der Waals surface area (Å²) in [4.78, 5) is 2.47. The molecule has 1 heterocycles. The number of aryl methyl sites for hydroxylation is 2. The second-order valence-corrected chi connectivity index (χ2v) is 8.55. The number of nitrogens with zero attached hydrogens (tertiary/aromatic N) is 1. The lowest BCUT2D eigenvalue weighted by molar-refractivity contribution is 0.00214. The Morgan fingerprint density at radius 1 is 0.844 bits per heavy atom. The van der Waals surface area contributed by atoms with E-state index in [2.05, 4.69) is 29.2 Å². The molecule has 0 aromatic heterocycles. The van der Waals surface area contributed by atoms with Crippen molar-refractivity contribution >= 4 is 12.4 Å². The lowest BCUT2D eigenvalue weighted by Gasteiger charge is -2.43. The monoisotopic (exact) mass is 463 g/mol.